The lowest BCUT2D eigenvalue weighted by atomic mass is 10.1. The van der Waals surface area contributed by atoms with Crippen molar-refractivity contribution in [2.24, 2.45) is 0 Å². The van der Waals surface area contributed by atoms with Gasteiger partial charge in [0.25, 0.3) is 11.8 Å². The van der Waals surface area contributed by atoms with Crippen LogP contribution in [-0.4, -0.2) is 29.2 Å². The van der Waals surface area contributed by atoms with Gasteiger partial charge >= 0.3 is 0 Å². The van der Waals surface area contributed by atoms with Crippen LogP contribution in [0.1, 0.15) is 27.6 Å². The van der Waals surface area contributed by atoms with E-state index in [1.807, 2.05) is 0 Å². The molecule has 0 atom stereocenters. The maximum atomic E-state index is 12.1. The van der Waals surface area contributed by atoms with E-state index < -0.39 is 0 Å². The lowest BCUT2D eigenvalue weighted by Crippen LogP contribution is -2.20. The summed E-state index contributed by atoms with van der Waals surface area (Å²) in [7, 11) is 0. The summed E-state index contributed by atoms with van der Waals surface area (Å²) in [4.78, 5) is 39.5. The fraction of sp³-hybridized carbons (Fsp3) is 0.100. The SMILES string of the molecule is CC(=O)c1cccc(OCC(=O)Nc2ccc(C(=O)Nc3nccs3)cc2)c1. The average molecular weight is 395 g/mol. The van der Waals surface area contributed by atoms with Crippen LogP contribution in [0.3, 0.4) is 0 Å². The summed E-state index contributed by atoms with van der Waals surface area (Å²) in [5, 5.41) is 7.67. The Morgan fingerprint density at radius 1 is 1.04 bits per heavy atom. The zero-order valence-corrected chi connectivity index (χ0v) is 15.8. The van der Waals surface area contributed by atoms with Gasteiger partial charge in [0.1, 0.15) is 5.75 Å². The zero-order chi connectivity index (χ0) is 19.9. The van der Waals surface area contributed by atoms with E-state index in [4.69, 9.17) is 4.74 Å². The number of hydrogen-bond donors (Lipinski definition) is 2. The molecular weight excluding hydrogens is 378 g/mol. The van der Waals surface area contributed by atoms with Crippen LogP contribution < -0.4 is 15.4 Å². The molecule has 2 aromatic carbocycles. The molecule has 7 nitrogen and oxygen atoms in total. The molecular formula is C20H17N3O4S. The molecule has 0 aliphatic rings. The number of ether oxygens (including phenoxy) is 1. The molecule has 28 heavy (non-hydrogen) atoms. The van der Waals surface area contributed by atoms with Crippen molar-refractivity contribution >= 4 is 39.8 Å². The highest BCUT2D eigenvalue weighted by Crippen LogP contribution is 2.16. The van der Waals surface area contributed by atoms with Crippen molar-refractivity contribution < 1.29 is 19.1 Å². The van der Waals surface area contributed by atoms with Crippen molar-refractivity contribution in [2.45, 2.75) is 6.92 Å². The van der Waals surface area contributed by atoms with E-state index in [1.165, 1.54) is 18.3 Å². The minimum atomic E-state index is -0.354. The molecule has 3 aromatic rings. The Labute approximate surface area is 165 Å². The molecule has 0 unspecified atom stereocenters. The van der Waals surface area contributed by atoms with Crippen molar-refractivity contribution in [1.82, 2.24) is 4.98 Å². The second-order valence-electron chi connectivity index (χ2n) is 5.79. The lowest BCUT2D eigenvalue weighted by molar-refractivity contribution is -0.118. The van der Waals surface area contributed by atoms with Gasteiger partial charge in [-0.3, -0.25) is 19.7 Å². The van der Waals surface area contributed by atoms with Crippen molar-refractivity contribution in [3.63, 3.8) is 0 Å². The highest BCUT2D eigenvalue weighted by Gasteiger charge is 2.09. The third-order valence-corrected chi connectivity index (χ3v) is 4.38. The highest BCUT2D eigenvalue weighted by atomic mass is 32.1. The van der Waals surface area contributed by atoms with E-state index in [0.29, 0.717) is 27.7 Å². The smallest absolute Gasteiger partial charge is 0.262 e. The third-order valence-electron chi connectivity index (χ3n) is 3.69. The van der Waals surface area contributed by atoms with Crippen molar-refractivity contribution in [1.29, 1.82) is 0 Å². The number of anilines is 2. The number of thiazole rings is 1. The Morgan fingerprint density at radius 2 is 1.82 bits per heavy atom. The highest BCUT2D eigenvalue weighted by molar-refractivity contribution is 7.13. The van der Waals surface area contributed by atoms with E-state index >= 15 is 0 Å². The minimum absolute atomic E-state index is 0.0751. The van der Waals surface area contributed by atoms with Crippen molar-refractivity contribution in [2.75, 3.05) is 17.2 Å². The van der Waals surface area contributed by atoms with Crippen LogP contribution in [0.25, 0.3) is 0 Å². The molecule has 2 N–H and O–H groups in total. The Hall–Kier alpha value is -3.52. The summed E-state index contributed by atoms with van der Waals surface area (Å²) >= 11 is 1.33. The van der Waals surface area contributed by atoms with Gasteiger partial charge in [-0.25, -0.2) is 4.98 Å². The van der Waals surface area contributed by atoms with E-state index in [1.54, 1.807) is 60.1 Å². The normalized spacial score (nSPS) is 10.2. The largest absolute Gasteiger partial charge is 0.484 e. The number of Topliss-reactive ketones (excluding diaryl/α,β-unsaturated/α-hetero) is 1. The number of carbonyl (C=O) groups excluding carboxylic acids is 3. The van der Waals surface area contributed by atoms with Crippen LogP contribution in [0.15, 0.2) is 60.1 Å². The van der Waals surface area contributed by atoms with Crippen LogP contribution in [0.5, 0.6) is 5.75 Å². The predicted molar refractivity (Wildman–Crippen MR) is 107 cm³/mol. The lowest BCUT2D eigenvalue weighted by Gasteiger charge is -2.09. The van der Waals surface area contributed by atoms with Crippen molar-refractivity contribution in [3.05, 3.63) is 71.2 Å². The Kier molecular flexibility index (Phi) is 6.13. The van der Waals surface area contributed by atoms with Gasteiger partial charge in [0.15, 0.2) is 17.5 Å². The topological polar surface area (TPSA) is 97.4 Å². The number of nitrogens with zero attached hydrogens (tertiary/aromatic N) is 1. The summed E-state index contributed by atoms with van der Waals surface area (Å²) in [6.45, 7) is 1.26. The van der Waals surface area contributed by atoms with Gasteiger partial charge < -0.3 is 10.1 Å². The number of carbonyl (C=O) groups is 3. The van der Waals surface area contributed by atoms with Gasteiger partial charge in [-0.1, -0.05) is 12.1 Å². The van der Waals surface area contributed by atoms with E-state index in [0.717, 1.165) is 0 Å². The monoisotopic (exact) mass is 395 g/mol. The van der Waals surface area contributed by atoms with Gasteiger partial charge in [0, 0.05) is 28.4 Å². The molecule has 1 aromatic heterocycles. The predicted octanol–water partition coefficient (Wildman–Crippen LogP) is 3.62. The summed E-state index contributed by atoms with van der Waals surface area (Å²) in [6, 6.07) is 13.1. The first-order chi connectivity index (χ1) is 13.5. The Bertz CT molecular complexity index is 985. The average Bonchev–Trinajstić information content (AvgIpc) is 3.20. The number of rotatable bonds is 7. The molecule has 0 fully saturated rings. The summed E-state index contributed by atoms with van der Waals surface area (Å²) in [5.74, 6) is -0.263. The molecule has 1 heterocycles. The quantitative estimate of drug-likeness (QED) is 0.596. The first kappa shape index (κ1) is 19.2. The molecule has 8 heteroatoms. The van der Waals surface area contributed by atoms with E-state index in [2.05, 4.69) is 15.6 Å². The van der Waals surface area contributed by atoms with Gasteiger partial charge in [-0.05, 0) is 43.3 Å². The van der Waals surface area contributed by atoms with Gasteiger partial charge in [0.05, 0.1) is 0 Å². The number of aromatic nitrogens is 1. The third kappa shape index (κ3) is 5.24. The van der Waals surface area contributed by atoms with Crippen molar-refractivity contribution in [3.8, 4) is 5.75 Å². The second kappa shape index (κ2) is 8.92. The number of hydrogen-bond acceptors (Lipinski definition) is 6. The molecule has 0 saturated heterocycles. The van der Waals surface area contributed by atoms with Crippen LogP contribution in [0.2, 0.25) is 0 Å². The number of ketones is 1. The molecule has 3 rings (SSSR count). The molecule has 0 spiro atoms. The van der Waals surface area contributed by atoms with Crippen LogP contribution in [-0.2, 0) is 4.79 Å². The van der Waals surface area contributed by atoms with Gasteiger partial charge in [-0.2, -0.15) is 0 Å². The Morgan fingerprint density at radius 3 is 2.50 bits per heavy atom. The molecule has 0 aliphatic carbocycles. The van der Waals surface area contributed by atoms with E-state index in [9.17, 15) is 14.4 Å². The van der Waals surface area contributed by atoms with Gasteiger partial charge in [0.2, 0.25) is 0 Å². The van der Waals surface area contributed by atoms with Gasteiger partial charge in [-0.15, -0.1) is 11.3 Å². The molecule has 0 saturated carbocycles. The summed E-state index contributed by atoms with van der Waals surface area (Å²) < 4.78 is 5.42. The summed E-state index contributed by atoms with van der Waals surface area (Å²) in [6.07, 6.45) is 1.61. The van der Waals surface area contributed by atoms with Crippen LogP contribution >= 0.6 is 11.3 Å². The molecule has 2 amide bonds. The number of amides is 2. The fourth-order valence-electron chi connectivity index (χ4n) is 2.31. The molecule has 0 aliphatic heterocycles. The minimum Gasteiger partial charge on any atom is -0.484 e. The zero-order valence-electron chi connectivity index (χ0n) is 15.0. The fourth-order valence-corrected chi connectivity index (χ4v) is 2.83. The van der Waals surface area contributed by atoms with Crippen LogP contribution in [0.4, 0.5) is 10.8 Å². The summed E-state index contributed by atoms with van der Waals surface area (Å²) in [5.41, 5.74) is 1.51. The first-order valence-corrected chi connectivity index (χ1v) is 9.24. The second-order valence-corrected chi connectivity index (χ2v) is 6.68. The molecule has 142 valence electrons. The number of nitrogens with one attached hydrogen (secondary N) is 2. The Balaban J connectivity index is 1.52. The molecule has 0 radical (unpaired) electrons. The van der Waals surface area contributed by atoms with Crippen LogP contribution in [0, 0.1) is 0 Å². The maximum absolute atomic E-state index is 12.1. The first-order valence-electron chi connectivity index (χ1n) is 8.36. The standard InChI is InChI=1S/C20H17N3O4S/c1-13(24)15-3-2-4-17(11-15)27-12-18(25)22-16-7-5-14(6-8-16)19(26)23-20-21-9-10-28-20/h2-11H,12H2,1H3,(H,22,25)(H,21,23,26). The maximum Gasteiger partial charge on any atom is 0.262 e. The van der Waals surface area contributed by atoms with E-state index in [-0.39, 0.29) is 24.2 Å². The number of benzene rings is 2. The molecule has 0 bridgehead atoms.